The van der Waals surface area contributed by atoms with Crippen molar-refractivity contribution >= 4 is 33.5 Å². The average molecular weight is 527 g/mol. The predicted octanol–water partition coefficient (Wildman–Crippen LogP) is 2.50. The van der Waals surface area contributed by atoms with E-state index in [0.717, 1.165) is 0 Å². The number of hydrogen-bond donors (Lipinski definition) is 1. The molecule has 35 heavy (non-hydrogen) atoms. The second-order valence-electron chi connectivity index (χ2n) is 7.32. The minimum absolute atomic E-state index is 0.0494. The number of halogens is 2. The van der Waals surface area contributed by atoms with Crippen molar-refractivity contribution in [3.63, 3.8) is 0 Å². The summed E-state index contributed by atoms with van der Waals surface area (Å²) in [7, 11) is -2.00. The molecule has 4 rings (SSSR count). The maximum Gasteiger partial charge on any atom is 0.324 e. The van der Waals surface area contributed by atoms with Gasteiger partial charge in [-0.2, -0.15) is 8.78 Å². The molecular formula is C21H24F2N6O4S2. The van der Waals surface area contributed by atoms with E-state index in [1.54, 1.807) is 21.9 Å². The third-order valence-electron chi connectivity index (χ3n) is 4.77. The maximum atomic E-state index is 13.2. The quantitative estimate of drug-likeness (QED) is 0.540. The van der Waals surface area contributed by atoms with Gasteiger partial charge in [0.15, 0.2) is 0 Å². The molecule has 0 aliphatic carbocycles. The second-order valence-corrected chi connectivity index (χ2v) is 10.0. The fraction of sp³-hybridized carbons (Fsp3) is 0.333. The van der Waals surface area contributed by atoms with E-state index in [2.05, 4.69) is 20.3 Å². The number of hydrogen-bond acceptors (Lipinski definition) is 7. The molecule has 1 aromatic carbocycles. The lowest BCUT2D eigenvalue weighted by Crippen LogP contribution is -2.48. The Hall–Kier alpha value is -3.10. The highest BCUT2D eigenvalue weighted by Crippen LogP contribution is 2.24. The van der Waals surface area contributed by atoms with Gasteiger partial charge in [-0.3, -0.25) is 19.2 Å². The van der Waals surface area contributed by atoms with Crippen molar-refractivity contribution in [3.8, 4) is 11.5 Å². The van der Waals surface area contributed by atoms with Gasteiger partial charge >= 0.3 is 12.5 Å². The first-order valence-electron chi connectivity index (χ1n) is 10.4. The molecule has 0 bridgehead atoms. The average Bonchev–Trinajstić information content (AvgIpc) is 3.34. The summed E-state index contributed by atoms with van der Waals surface area (Å²) in [4.78, 5) is 20.8. The van der Waals surface area contributed by atoms with Crippen LogP contribution in [0.2, 0.25) is 0 Å². The molecule has 14 heteroatoms. The van der Waals surface area contributed by atoms with Crippen molar-refractivity contribution in [2.75, 3.05) is 35.8 Å². The van der Waals surface area contributed by atoms with Crippen molar-refractivity contribution in [1.82, 2.24) is 20.1 Å². The number of amides is 2. The van der Waals surface area contributed by atoms with Crippen LogP contribution in [0.15, 0.2) is 53.1 Å². The summed E-state index contributed by atoms with van der Waals surface area (Å²) in [5.74, 6) is 0.132. The van der Waals surface area contributed by atoms with E-state index < -0.39 is 34.1 Å². The molecule has 1 fully saturated rings. The van der Waals surface area contributed by atoms with Crippen LogP contribution in [0.4, 0.5) is 19.3 Å². The van der Waals surface area contributed by atoms with Crippen molar-refractivity contribution < 1.29 is 26.4 Å². The predicted molar refractivity (Wildman–Crippen MR) is 128 cm³/mol. The Morgan fingerprint density at radius 3 is 2.40 bits per heavy atom. The highest BCUT2D eigenvalue weighted by atomic mass is 32.2. The summed E-state index contributed by atoms with van der Waals surface area (Å²) in [5.41, 5.74) is 1.71. The number of nitrogens with two attached hydrogens (primary N) is 1. The molecule has 1 saturated heterocycles. The summed E-state index contributed by atoms with van der Waals surface area (Å²) in [6.45, 7) is 1.07. The van der Waals surface area contributed by atoms with Crippen LogP contribution >= 0.6 is 0 Å². The van der Waals surface area contributed by atoms with Gasteiger partial charge in [0.2, 0.25) is 5.89 Å². The number of pyridine rings is 1. The van der Waals surface area contributed by atoms with E-state index >= 15 is 0 Å². The van der Waals surface area contributed by atoms with Gasteiger partial charge in [-0.05, 0) is 24.3 Å². The molecule has 2 amide bonds. The molecule has 188 valence electrons. The third-order valence-corrected chi connectivity index (χ3v) is 6.04. The Balaban J connectivity index is 0.000000795. The summed E-state index contributed by atoms with van der Waals surface area (Å²) < 4.78 is 51.2. The molecule has 0 saturated carbocycles. The lowest BCUT2D eigenvalue weighted by molar-refractivity contribution is 0.116. The normalized spacial score (nSPS) is 14.8. The molecule has 3 aromatic rings. The van der Waals surface area contributed by atoms with Gasteiger partial charge in [0.05, 0.1) is 28.8 Å². The number of nitrogens with zero attached hydrogens (tertiary/aromatic N) is 5. The zero-order valence-electron chi connectivity index (χ0n) is 18.8. The molecule has 2 N–H and O–H groups in total. The lowest BCUT2D eigenvalue weighted by Gasteiger charge is -2.32. The van der Waals surface area contributed by atoms with Crippen LogP contribution in [0.1, 0.15) is 18.0 Å². The van der Waals surface area contributed by atoms with Crippen molar-refractivity contribution in [1.29, 1.82) is 0 Å². The lowest BCUT2D eigenvalue weighted by atomic mass is 10.2. The SMILES string of the molecule is CS(N)=O.O=C(N1CCS(=O)CC1)N(Cc1ccc(-c2nnc(C(F)F)o2)cn1)c1ccccc1. The third kappa shape index (κ3) is 7.70. The molecule has 1 aliphatic heterocycles. The van der Waals surface area contributed by atoms with Crippen molar-refractivity contribution in [2.45, 2.75) is 13.0 Å². The fourth-order valence-corrected chi connectivity index (χ4v) is 4.18. The van der Waals surface area contributed by atoms with Gasteiger partial charge in [-0.25, -0.2) is 9.00 Å². The summed E-state index contributed by atoms with van der Waals surface area (Å²) in [6, 6.07) is 12.3. The Kier molecular flexibility index (Phi) is 9.51. The zero-order chi connectivity index (χ0) is 25.4. The Morgan fingerprint density at radius 2 is 1.86 bits per heavy atom. The molecule has 1 unspecified atom stereocenters. The van der Waals surface area contributed by atoms with Gasteiger partial charge in [-0.1, -0.05) is 18.2 Å². The zero-order valence-corrected chi connectivity index (χ0v) is 20.4. The molecule has 1 atom stereocenters. The van der Waals surface area contributed by atoms with Crippen LogP contribution in [-0.4, -0.2) is 65.4 Å². The number of aromatic nitrogens is 3. The topological polar surface area (TPSA) is 136 Å². The van der Waals surface area contributed by atoms with Gasteiger partial charge < -0.3 is 9.32 Å². The molecular weight excluding hydrogens is 502 g/mol. The minimum atomic E-state index is -2.84. The smallest absolute Gasteiger partial charge is 0.324 e. The molecule has 0 radical (unpaired) electrons. The second kappa shape index (κ2) is 12.6. The Labute approximate surface area is 205 Å². The molecule has 2 aromatic heterocycles. The van der Waals surface area contributed by atoms with Crippen LogP contribution < -0.4 is 10.0 Å². The molecule has 0 spiro atoms. The summed E-state index contributed by atoms with van der Waals surface area (Å²) >= 11 is 0. The standard InChI is InChI=1S/C20H19F2N5O3S.CH5NOS/c21-17(22)19-25-24-18(30-19)14-6-7-15(23-12-14)13-27(16-4-2-1-3-5-16)20(28)26-8-10-31(29)11-9-26;1-4(2)3/h1-7,12,17H,8-11,13H2;2H2,1H3. The molecule has 3 heterocycles. The molecule has 10 nitrogen and oxygen atoms in total. The van der Waals surface area contributed by atoms with Crippen LogP contribution in [0.3, 0.4) is 0 Å². The number of urea groups is 1. The van der Waals surface area contributed by atoms with Gasteiger partial charge in [0, 0.05) is 53.5 Å². The van der Waals surface area contributed by atoms with E-state index in [1.165, 1.54) is 12.5 Å². The number of carbonyl (C=O) groups excluding carboxylic acids is 1. The summed E-state index contributed by atoms with van der Waals surface area (Å²) in [5, 5.41) is 11.5. The van der Waals surface area contributed by atoms with Crippen LogP contribution in [0.25, 0.3) is 11.5 Å². The van der Waals surface area contributed by atoms with Crippen LogP contribution in [0, 0.1) is 0 Å². The van der Waals surface area contributed by atoms with E-state index in [4.69, 9.17) is 4.42 Å². The van der Waals surface area contributed by atoms with Crippen molar-refractivity contribution in [3.05, 3.63) is 60.2 Å². The van der Waals surface area contributed by atoms with Gasteiger partial charge in [-0.15, -0.1) is 10.2 Å². The minimum Gasteiger partial charge on any atom is -0.415 e. The summed E-state index contributed by atoms with van der Waals surface area (Å²) in [6.07, 6.45) is 0.0154. The van der Waals surface area contributed by atoms with Crippen LogP contribution in [0.5, 0.6) is 0 Å². The number of para-hydroxylation sites is 1. The van der Waals surface area contributed by atoms with Crippen molar-refractivity contribution in [2.24, 2.45) is 5.14 Å². The number of benzene rings is 1. The van der Waals surface area contributed by atoms with Gasteiger partial charge in [0.1, 0.15) is 0 Å². The number of alkyl halides is 2. The van der Waals surface area contributed by atoms with E-state index in [9.17, 15) is 22.0 Å². The highest BCUT2D eigenvalue weighted by Gasteiger charge is 2.26. The largest absolute Gasteiger partial charge is 0.415 e. The Bertz CT molecular complexity index is 1150. The van der Waals surface area contributed by atoms with E-state index in [-0.39, 0.29) is 18.5 Å². The van der Waals surface area contributed by atoms with Crippen LogP contribution in [-0.2, 0) is 28.3 Å². The highest BCUT2D eigenvalue weighted by molar-refractivity contribution is 7.85. The molecule has 1 aliphatic rings. The Morgan fingerprint density at radius 1 is 1.20 bits per heavy atom. The number of carbonyl (C=O) groups is 1. The first kappa shape index (κ1) is 26.5. The first-order valence-corrected chi connectivity index (χ1v) is 13.5. The monoisotopic (exact) mass is 526 g/mol. The number of anilines is 1. The van der Waals surface area contributed by atoms with E-state index in [1.807, 2.05) is 30.3 Å². The van der Waals surface area contributed by atoms with Gasteiger partial charge in [0.25, 0.3) is 5.89 Å². The van der Waals surface area contributed by atoms with E-state index in [0.29, 0.717) is 41.5 Å². The first-order chi connectivity index (χ1) is 16.7. The maximum absolute atomic E-state index is 13.2. The number of rotatable bonds is 5. The fourth-order valence-electron chi connectivity index (χ4n) is 3.12.